The molecule has 0 aromatic heterocycles. The summed E-state index contributed by atoms with van der Waals surface area (Å²) in [6.07, 6.45) is 4.34. The van der Waals surface area contributed by atoms with Gasteiger partial charge in [-0.25, -0.2) is 4.79 Å². The Morgan fingerprint density at radius 1 is 1.21 bits per heavy atom. The fraction of sp³-hybridized carbons (Fsp3) is 0.650. The van der Waals surface area contributed by atoms with E-state index in [0.29, 0.717) is 12.0 Å². The van der Waals surface area contributed by atoms with E-state index < -0.39 is 6.09 Å². The standard InChI is InChI=1S/C20H32N2O2/c1-20(2,3)22(19(23)24)17-12-10-16(11-13-17)18(21-4)14-15-8-6-5-7-9-15/h5-9,16-18,21H,10-14H2,1-4H3,(H,23,24). The van der Waals surface area contributed by atoms with Crippen LogP contribution in [0.1, 0.15) is 52.0 Å². The highest BCUT2D eigenvalue weighted by molar-refractivity contribution is 5.66. The van der Waals surface area contributed by atoms with E-state index in [4.69, 9.17) is 0 Å². The van der Waals surface area contributed by atoms with E-state index in [2.05, 4.69) is 35.6 Å². The molecule has 4 nitrogen and oxygen atoms in total. The number of carbonyl (C=O) groups is 1. The maximum Gasteiger partial charge on any atom is 0.407 e. The van der Waals surface area contributed by atoms with Crippen LogP contribution in [0.4, 0.5) is 4.79 Å². The first-order chi connectivity index (χ1) is 11.3. The Kier molecular flexibility index (Phi) is 6.27. The van der Waals surface area contributed by atoms with Gasteiger partial charge in [0.25, 0.3) is 0 Å². The molecule has 1 unspecified atom stereocenters. The summed E-state index contributed by atoms with van der Waals surface area (Å²) in [4.78, 5) is 13.3. The van der Waals surface area contributed by atoms with Crippen molar-refractivity contribution in [1.82, 2.24) is 10.2 Å². The molecule has 1 aliphatic rings. The molecule has 0 bridgehead atoms. The maximum absolute atomic E-state index is 11.7. The third-order valence-corrected chi connectivity index (χ3v) is 5.27. The second-order valence-electron chi connectivity index (χ2n) is 7.98. The van der Waals surface area contributed by atoms with E-state index in [1.54, 1.807) is 4.90 Å². The second-order valence-corrected chi connectivity index (χ2v) is 7.98. The molecule has 24 heavy (non-hydrogen) atoms. The van der Waals surface area contributed by atoms with E-state index in [0.717, 1.165) is 32.1 Å². The van der Waals surface area contributed by atoms with Crippen LogP contribution in [0.25, 0.3) is 0 Å². The lowest BCUT2D eigenvalue weighted by Gasteiger charge is -2.43. The van der Waals surface area contributed by atoms with Gasteiger partial charge >= 0.3 is 6.09 Å². The van der Waals surface area contributed by atoms with Crippen LogP contribution in [0.15, 0.2) is 30.3 Å². The average molecular weight is 332 g/mol. The van der Waals surface area contributed by atoms with Crippen molar-refractivity contribution in [1.29, 1.82) is 0 Å². The zero-order valence-corrected chi connectivity index (χ0v) is 15.5. The molecule has 2 rings (SSSR count). The van der Waals surface area contributed by atoms with E-state index in [9.17, 15) is 9.90 Å². The highest BCUT2D eigenvalue weighted by Gasteiger charge is 2.36. The van der Waals surface area contributed by atoms with Gasteiger partial charge in [0, 0.05) is 17.6 Å². The van der Waals surface area contributed by atoms with Crippen molar-refractivity contribution in [2.24, 2.45) is 5.92 Å². The molecule has 1 aromatic carbocycles. The summed E-state index contributed by atoms with van der Waals surface area (Å²) in [5.74, 6) is 0.613. The zero-order valence-electron chi connectivity index (χ0n) is 15.5. The normalized spacial score (nSPS) is 22.8. The molecule has 0 radical (unpaired) electrons. The molecule has 4 heteroatoms. The molecular formula is C20H32N2O2. The molecule has 1 aliphatic carbocycles. The molecule has 1 amide bonds. The Labute approximate surface area is 146 Å². The van der Waals surface area contributed by atoms with Crippen LogP contribution in [-0.4, -0.2) is 40.8 Å². The number of likely N-dealkylation sites (N-methyl/N-ethyl adjacent to an activating group) is 1. The third-order valence-electron chi connectivity index (χ3n) is 5.27. The topological polar surface area (TPSA) is 52.6 Å². The van der Waals surface area contributed by atoms with E-state index in [1.165, 1.54) is 5.56 Å². The third kappa shape index (κ3) is 4.73. The lowest BCUT2D eigenvalue weighted by molar-refractivity contribution is 0.0475. The molecule has 1 fully saturated rings. The Morgan fingerprint density at radius 3 is 2.25 bits per heavy atom. The molecule has 1 aromatic rings. The summed E-state index contributed by atoms with van der Waals surface area (Å²) in [7, 11) is 2.04. The molecule has 134 valence electrons. The van der Waals surface area contributed by atoms with Crippen LogP contribution in [0, 0.1) is 5.92 Å². The van der Waals surface area contributed by atoms with Gasteiger partial charge in [-0.3, -0.25) is 0 Å². The summed E-state index contributed by atoms with van der Waals surface area (Å²) in [5.41, 5.74) is 1.02. The zero-order chi connectivity index (χ0) is 17.7. The van der Waals surface area contributed by atoms with Crippen molar-refractivity contribution >= 4 is 6.09 Å². The highest BCUT2D eigenvalue weighted by atomic mass is 16.4. The minimum absolute atomic E-state index is 0.146. The SMILES string of the molecule is CNC(Cc1ccccc1)C1CCC(N(C(=O)O)C(C)(C)C)CC1. The Bertz CT molecular complexity index is 516. The second kappa shape index (κ2) is 8.02. The fourth-order valence-corrected chi connectivity index (χ4v) is 4.13. The molecule has 0 spiro atoms. The van der Waals surface area contributed by atoms with Gasteiger partial charge in [0.05, 0.1) is 0 Å². The van der Waals surface area contributed by atoms with Gasteiger partial charge in [-0.2, -0.15) is 0 Å². The number of nitrogens with one attached hydrogen (secondary N) is 1. The van der Waals surface area contributed by atoms with Gasteiger partial charge in [-0.1, -0.05) is 30.3 Å². The molecule has 1 saturated carbocycles. The monoisotopic (exact) mass is 332 g/mol. The lowest BCUT2D eigenvalue weighted by Crippen LogP contribution is -2.53. The van der Waals surface area contributed by atoms with Crippen LogP contribution in [0.3, 0.4) is 0 Å². The van der Waals surface area contributed by atoms with E-state index in [-0.39, 0.29) is 11.6 Å². The summed E-state index contributed by atoms with van der Waals surface area (Å²) in [6.45, 7) is 5.96. The predicted molar refractivity (Wildman–Crippen MR) is 98.4 cm³/mol. The van der Waals surface area contributed by atoms with Crippen molar-refractivity contribution in [3.8, 4) is 0 Å². The lowest BCUT2D eigenvalue weighted by atomic mass is 9.78. The number of nitrogens with zero attached hydrogens (tertiary/aromatic N) is 1. The van der Waals surface area contributed by atoms with Crippen LogP contribution in [0.5, 0.6) is 0 Å². The summed E-state index contributed by atoms with van der Waals surface area (Å²) in [5, 5.41) is 13.1. The number of hydrogen-bond acceptors (Lipinski definition) is 2. The molecular weight excluding hydrogens is 300 g/mol. The summed E-state index contributed by atoms with van der Waals surface area (Å²) < 4.78 is 0. The highest BCUT2D eigenvalue weighted by Crippen LogP contribution is 2.33. The van der Waals surface area contributed by atoms with Gasteiger partial charge in [0.2, 0.25) is 0 Å². The predicted octanol–water partition coefficient (Wildman–Crippen LogP) is 4.15. The van der Waals surface area contributed by atoms with Crippen molar-refractivity contribution in [2.45, 2.75) is 70.5 Å². The van der Waals surface area contributed by atoms with Crippen molar-refractivity contribution in [3.63, 3.8) is 0 Å². The van der Waals surface area contributed by atoms with Crippen LogP contribution in [-0.2, 0) is 6.42 Å². The number of amides is 1. The first kappa shape index (κ1) is 18.8. The number of benzene rings is 1. The van der Waals surface area contributed by atoms with E-state index >= 15 is 0 Å². The Hall–Kier alpha value is -1.55. The first-order valence-electron chi connectivity index (χ1n) is 9.06. The number of carboxylic acid groups (broad SMARTS) is 1. The van der Waals surface area contributed by atoms with Crippen molar-refractivity contribution in [2.75, 3.05) is 7.05 Å². The Morgan fingerprint density at radius 2 is 1.79 bits per heavy atom. The summed E-state index contributed by atoms with van der Waals surface area (Å²) in [6, 6.07) is 11.2. The van der Waals surface area contributed by atoms with E-state index in [1.807, 2.05) is 27.8 Å². The minimum atomic E-state index is -0.791. The number of hydrogen-bond donors (Lipinski definition) is 2. The average Bonchev–Trinajstić information content (AvgIpc) is 2.53. The Balaban J connectivity index is 1.96. The molecule has 2 N–H and O–H groups in total. The van der Waals surface area contributed by atoms with Crippen LogP contribution in [0.2, 0.25) is 0 Å². The van der Waals surface area contributed by atoms with Gasteiger partial charge in [-0.15, -0.1) is 0 Å². The smallest absolute Gasteiger partial charge is 0.407 e. The maximum atomic E-state index is 11.7. The van der Waals surface area contributed by atoms with Gasteiger partial charge in [-0.05, 0) is 71.4 Å². The molecule has 1 atom stereocenters. The van der Waals surface area contributed by atoms with Gasteiger partial charge < -0.3 is 15.3 Å². The fourth-order valence-electron chi connectivity index (χ4n) is 4.13. The molecule has 0 aliphatic heterocycles. The first-order valence-corrected chi connectivity index (χ1v) is 9.06. The quantitative estimate of drug-likeness (QED) is 0.851. The van der Waals surface area contributed by atoms with Gasteiger partial charge in [0.15, 0.2) is 0 Å². The minimum Gasteiger partial charge on any atom is -0.465 e. The van der Waals surface area contributed by atoms with Gasteiger partial charge in [0.1, 0.15) is 0 Å². The molecule has 0 saturated heterocycles. The summed E-state index contributed by atoms with van der Waals surface area (Å²) >= 11 is 0. The van der Waals surface area contributed by atoms with Crippen LogP contribution >= 0.6 is 0 Å². The van der Waals surface area contributed by atoms with Crippen molar-refractivity contribution in [3.05, 3.63) is 35.9 Å². The molecule has 0 heterocycles. The number of rotatable bonds is 5. The largest absolute Gasteiger partial charge is 0.465 e. The van der Waals surface area contributed by atoms with Crippen LogP contribution < -0.4 is 5.32 Å². The van der Waals surface area contributed by atoms with Crippen molar-refractivity contribution < 1.29 is 9.90 Å².